The molecule has 1 aliphatic rings. The Kier molecular flexibility index (Phi) is 4.58. The van der Waals surface area contributed by atoms with Crippen LogP contribution in [0.5, 0.6) is 0 Å². The predicted molar refractivity (Wildman–Crippen MR) is 67.8 cm³/mol. The van der Waals surface area contributed by atoms with Crippen LogP contribution in [0.1, 0.15) is 53.4 Å². The van der Waals surface area contributed by atoms with Crippen LogP contribution in [0.3, 0.4) is 0 Å². The molecular formula is C13H23NO5. The van der Waals surface area contributed by atoms with Gasteiger partial charge in [0, 0.05) is 5.54 Å². The molecule has 0 bridgehead atoms. The van der Waals surface area contributed by atoms with Crippen LogP contribution in [-0.4, -0.2) is 44.5 Å². The van der Waals surface area contributed by atoms with E-state index in [1.54, 1.807) is 0 Å². The molecule has 110 valence electrons. The van der Waals surface area contributed by atoms with Crippen LogP contribution < -0.4 is 0 Å². The number of piperidine rings is 1. The van der Waals surface area contributed by atoms with Gasteiger partial charge in [-0.3, -0.25) is 9.59 Å². The van der Waals surface area contributed by atoms with Crippen molar-refractivity contribution in [3.8, 4) is 0 Å². The molecular weight excluding hydrogens is 250 g/mol. The van der Waals surface area contributed by atoms with E-state index in [0.717, 1.165) is 0 Å². The Morgan fingerprint density at radius 1 is 1.26 bits per heavy atom. The lowest BCUT2D eigenvalue weighted by Crippen LogP contribution is -2.63. The van der Waals surface area contributed by atoms with Gasteiger partial charge in [-0.1, -0.05) is 0 Å². The summed E-state index contributed by atoms with van der Waals surface area (Å²) in [4.78, 5) is 22.0. The van der Waals surface area contributed by atoms with Crippen molar-refractivity contribution in [1.29, 1.82) is 0 Å². The SMILES string of the molecule is CC1(C)CCC(OC(=O)CCC(=O)O)C(C)(C)N1O. The second kappa shape index (κ2) is 5.46. The summed E-state index contributed by atoms with van der Waals surface area (Å²) >= 11 is 0. The molecule has 1 saturated heterocycles. The Bertz CT molecular complexity index is 364. The summed E-state index contributed by atoms with van der Waals surface area (Å²) in [5.74, 6) is -1.56. The van der Waals surface area contributed by atoms with Gasteiger partial charge in [-0.05, 0) is 40.5 Å². The number of carboxylic acid groups (broad SMARTS) is 1. The molecule has 0 aromatic heterocycles. The van der Waals surface area contributed by atoms with Crippen LogP contribution >= 0.6 is 0 Å². The minimum Gasteiger partial charge on any atom is -0.481 e. The fourth-order valence-corrected chi connectivity index (χ4v) is 2.49. The lowest BCUT2D eigenvalue weighted by atomic mass is 9.80. The number of aliphatic carboxylic acids is 1. The average molecular weight is 273 g/mol. The van der Waals surface area contributed by atoms with E-state index < -0.39 is 23.6 Å². The highest BCUT2D eigenvalue weighted by molar-refractivity contribution is 5.76. The normalized spacial score (nSPS) is 25.8. The largest absolute Gasteiger partial charge is 0.481 e. The van der Waals surface area contributed by atoms with Gasteiger partial charge in [0.2, 0.25) is 0 Å². The molecule has 19 heavy (non-hydrogen) atoms. The first-order valence-electron chi connectivity index (χ1n) is 6.48. The standard InChI is InChI=1S/C13H23NO5/c1-12(2)8-7-9(13(3,4)14(12)18)19-11(17)6-5-10(15)16/h9,18H,5-8H2,1-4H3,(H,15,16). The van der Waals surface area contributed by atoms with Crippen LogP contribution in [0.2, 0.25) is 0 Å². The van der Waals surface area contributed by atoms with Gasteiger partial charge in [0.25, 0.3) is 0 Å². The number of nitrogens with zero attached hydrogens (tertiary/aromatic N) is 1. The van der Waals surface area contributed by atoms with Gasteiger partial charge in [-0.25, -0.2) is 0 Å². The van der Waals surface area contributed by atoms with Crippen molar-refractivity contribution in [3.63, 3.8) is 0 Å². The number of carbonyl (C=O) groups excluding carboxylic acids is 1. The summed E-state index contributed by atoms with van der Waals surface area (Å²) in [6.45, 7) is 7.47. The first-order chi connectivity index (χ1) is 8.57. The maximum Gasteiger partial charge on any atom is 0.306 e. The molecule has 1 heterocycles. The molecule has 1 fully saturated rings. The highest BCUT2D eigenvalue weighted by atomic mass is 16.6. The average Bonchev–Trinajstić information content (AvgIpc) is 2.28. The van der Waals surface area contributed by atoms with Gasteiger partial charge in [-0.15, -0.1) is 0 Å². The third-order valence-corrected chi connectivity index (χ3v) is 3.74. The Balaban J connectivity index is 2.64. The van der Waals surface area contributed by atoms with Crippen molar-refractivity contribution in [1.82, 2.24) is 5.06 Å². The van der Waals surface area contributed by atoms with Gasteiger partial charge in [0.1, 0.15) is 6.10 Å². The topological polar surface area (TPSA) is 87.1 Å². The van der Waals surface area contributed by atoms with Gasteiger partial charge >= 0.3 is 11.9 Å². The summed E-state index contributed by atoms with van der Waals surface area (Å²) in [5.41, 5.74) is -1.06. The summed E-state index contributed by atoms with van der Waals surface area (Å²) in [5, 5.41) is 20.0. The zero-order valence-corrected chi connectivity index (χ0v) is 12.0. The zero-order valence-electron chi connectivity index (χ0n) is 12.0. The maximum absolute atomic E-state index is 11.6. The van der Waals surface area contributed by atoms with Crippen molar-refractivity contribution < 1.29 is 24.6 Å². The molecule has 1 rings (SSSR count). The van der Waals surface area contributed by atoms with Gasteiger partial charge in [0.15, 0.2) is 0 Å². The molecule has 6 heteroatoms. The first-order valence-corrected chi connectivity index (χ1v) is 6.48. The van der Waals surface area contributed by atoms with E-state index in [9.17, 15) is 14.8 Å². The number of carboxylic acids is 1. The van der Waals surface area contributed by atoms with E-state index in [-0.39, 0.29) is 18.4 Å². The molecule has 0 spiro atoms. The van der Waals surface area contributed by atoms with Crippen molar-refractivity contribution in [2.24, 2.45) is 0 Å². The summed E-state index contributed by atoms with van der Waals surface area (Å²) in [6, 6.07) is 0. The van der Waals surface area contributed by atoms with Gasteiger partial charge in [0.05, 0.1) is 18.4 Å². The van der Waals surface area contributed by atoms with Crippen LogP contribution in [0.25, 0.3) is 0 Å². The summed E-state index contributed by atoms with van der Waals surface area (Å²) in [6.07, 6.45) is 0.531. The van der Waals surface area contributed by atoms with Crippen molar-refractivity contribution >= 4 is 11.9 Å². The second-order valence-corrected chi connectivity index (χ2v) is 6.19. The predicted octanol–water partition coefficient (Wildman–Crippen LogP) is 1.81. The van der Waals surface area contributed by atoms with Gasteiger partial charge < -0.3 is 15.1 Å². The lowest BCUT2D eigenvalue weighted by Gasteiger charge is -2.51. The first kappa shape index (κ1) is 15.9. The third kappa shape index (κ3) is 3.67. The third-order valence-electron chi connectivity index (χ3n) is 3.74. The second-order valence-electron chi connectivity index (χ2n) is 6.19. The molecule has 0 saturated carbocycles. The fraction of sp³-hybridized carbons (Fsp3) is 0.846. The van der Waals surface area contributed by atoms with Crippen molar-refractivity contribution in [3.05, 3.63) is 0 Å². The Morgan fingerprint density at radius 3 is 2.37 bits per heavy atom. The molecule has 1 aliphatic heterocycles. The Hall–Kier alpha value is -1.14. The number of hydrogen-bond acceptors (Lipinski definition) is 5. The molecule has 0 aromatic carbocycles. The van der Waals surface area contributed by atoms with E-state index in [2.05, 4.69) is 0 Å². The molecule has 1 unspecified atom stereocenters. The molecule has 0 amide bonds. The Morgan fingerprint density at radius 2 is 1.84 bits per heavy atom. The highest BCUT2D eigenvalue weighted by Gasteiger charge is 2.48. The van der Waals surface area contributed by atoms with Crippen molar-refractivity contribution in [2.75, 3.05) is 0 Å². The number of carbonyl (C=O) groups is 2. The van der Waals surface area contributed by atoms with E-state index in [4.69, 9.17) is 9.84 Å². The molecule has 0 aliphatic carbocycles. The molecule has 6 nitrogen and oxygen atoms in total. The van der Waals surface area contributed by atoms with Crippen molar-refractivity contribution in [2.45, 2.75) is 70.6 Å². The minimum absolute atomic E-state index is 0.142. The van der Waals surface area contributed by atoms with Crippen LogP contribution in [-0.2, 0) is 14.3 Å². The Labute approximate surface area is 113 Å². The number of ether oxygens (including phenoxy) is 1. The number of esters is 1. The lowest BCUT2D eigenvalue weighted by molar-refractivity contribution is -0.272. The van der Waals surface area contributed by atoms with Crippen LogP contribution in [0.4, 0.5) is 0 Å². The van der Waals surface area contributed by atoms with E-state index >= 15 is 0 Å². The zero-order chi connectivity index (χ0) is 14.8. The minimum atomic E-state index is -1.02. The monoisotopic (exact) mass is 273 g/mol. The highest BCUT2D eigenvalue weighted by Crippen LogP contribution is 2.38. The maximum atomic E-state index is 11.6. The van der Waals surface area contributed by atoms with Crippen LogP contribution in [0, 0.1) is 0 Å². The number of hydroxylamine groups is 2. The number of rotatable bonds is 4. The summed E-state index contributed by atoms with van der Waals surface area (Å²) < 4.78 is 5.32. The smallest absolute Gasteiger partial charge is 0.306 e. The molecule has 1 atom stereocenters. The van der Waals surface area contributed by atoms with Gasteiger partial charge in [-0.2, -0.15) is 5.06 Å². The van der Waals surface area contributed by atoms with Crippen LogP contribution in [0.15, 0.2) is 0 Å². The summed E-state index contributed by atoms with van der Waals surface area (Å²) in [7, 11) is 0. The molecule has 0 radical (unpaired) electrons. The quantitative estimate of drug-likeness (QED) is 0.759. The van der Waals surface area contributed by atoms with E-state index in [1.165, 1.54) is 5.06 Å². The fourth-order valence-electron chi connectivity index (χ4n) is 2.49. The molecule has 0 aromatic rings. The molecule has 2 N–H and O–H groups in total. The van der Waals surface area contributed by atoms with E-state index in [0.29, 0.717) is 12.8 Å². The van der Waals surface area contributed by atoms with E-state index in [1.807, 2.05) is 27.7 Å². The number of hydrogen-bond donors (Lipinski definition) is 2.